The Kier molecular flexibility index (Phi) is 5.45. The molecule has 1 aliphatic heterocycles. The fourth-order valence-electron chi connectivity index (χ4n) is 2.64. The molecule has 1 N–H and O–H groups in total. The molecule has 2 heterocycles. The van der Waals surface area contributed by atoms with E-state index in [2.05, 4.69) is 17.2 Å². The molecule has 0 aliphatic carbocycles. The van der Waals surface area contributed by atoms with Crippen LogP contribution in [-0.2, 0) is 6.54 Å². The number of hydrogen-bond acceptors (Lipinski definition) is 3. The van der Waals surface area contributed by atoms with Crippen LogP contribution in [0.3, 0.4) is 0 Å². The van der Waals surface area contributed by atoms with E-state index < -0.39 is 12.1 Å². The van der Waals surface area contributed by atoms with E-state index in [0.29, 0.717) is 19.5 Å². The van der Waals surface area contributed by atoms with Crippen molar-refractivity contribution in [3.63, 3.8) is 0 Å². The molecule has 0 spiro atoms. The molecule has 6 heteroatoms. The first-order valence-electron chi connectivity index (χ1n) is 7.47. The highest BCUT2D eigenvalue weighted by Gasteiger charge is 2.41. The van der Waals surface area contributed by atoms with E-state index in [1.165, 1.54) is 0 Å². The fraction of sp³-hybridized carbons (Fsp3) is 0.667. The van der Waals surface area contributed by atoms with Crippen LogP contribution in [0.15, 0.2) is 18.3 Å². The summed E-state index contributed by atoms with van der Waals surface area (Å²) in [7, 11) is 0. The maximum Gasteiger partial charge on any atom is 0.393 e. The van der Waals surface area contributed by atoms with Gasteiger partial charge in [-0.1, -0.05) is 6.92 Å². The summed E-state index contributed by atoms with van der Waals surface area (Å²) in [4.78, 5) is 6.12. The van der Waals surface area contributed by atoms with Crippen molar-refractivity contribution in [2.45, 2.75) is 38.9 Å². The quantitative estimate of drug-likeness (QED) is 0.899. The Morgan fingerprint density at radius 3 is 2.95 bits per heavy atom. The van der Waals surface area contributed by atoms with Crippen molar-refractivity contribution in [3.8, 4) is 0 Å². The Morgan fingerprint density at radius 1 is 1.43 bits per heavy atom. The van der Waals surface area contributed by atoms with Crippen LogP contribution in [0.2, 0.25) is 0 Å². The second-order valence-corrected chi connectivity index (χ2v) is 5.58. The van der Waals surface area contributed by atoms with Gasteiger partial charge in [-0.2, -0.15) is 13.2 Å². The first kappa shape index (κ1) is 16.1. The molecule has 3 nitrogen and oxygen atoms in total. The number of piperidine rings is 1. The third-order valence-electron chi connectivity index (χ3n) is 3.75. The molecule has 118 valence electrons. The number of anilines is 1. The minimum absolute atomic E-state index is 0.0811. The standard InChI is InChI=1S/C15H22F3N3/c1-2-6-19-13-5-7-20-14(9-13)11-21-8-3-4-12(10-21)15(16,17)18/h5,7,9,12H,2-4,6,8,10-11H2,1H3,(H,19,20). The SMILES string of the molecule is CCCNc1ccnc(CN2CCCC(C(F)(F)F)C2)c1. The molecule has 0 bridgehead atoms. The summed E-state index contributed by atoms with van der Waals surface area (Å²) >= 11 is 0. The van der Waals surface area contributed by atoms with Crippen molar-refractivity contribution in [3.05, 3.63) is 24.0 Å². The lowest BCUT2D eigenvalue weighted by atomic mass is 9.97. The van der Waals surface area contributed by atoms with Crippen LogP contribution in [0.1, 0.15) is 31.9 Å². The van der Waals surface area contributed by atoms with Gasteiger partial charge in [0, 0.05) is 31.5 Å². The molecule has 0 amide bonds. The summed E-state index contributed by atoms with van der Waals surface area (Å²) in [5.74, 6) is -1.20. The third-order valence-corrected chi connectivity index (χ3v) is 3.75. The predicted molar refractivity (Wildman–Crippen MR) is 77.1 cm³/mol. The van der Waals surface area contributed by atoms with Gasteiger partial charge < -0.3 is 5.32 Å². The van der Waals surface area contributed by atoms with Crippen LogP contribution >= 0.6 is 0 Å². The van der Waals surface area contributed by atoms with Crippen molar-refractivity contribution in [2.24, 2.45) is 5.92 Å². The van der Waals surface area contributed by atoms with Gasteiger partial charge in [0.05, 0.1) is 11.6 Å². The second kappa shape index (κ2) is 7.11. The first-order valence-corrected chi connectivity index (χ1v) is 7.47. The smallest absolute Gasteiger partial charge is 0.385 e. The lowest BCUT2D eigenvalue weighted by molar-refractivity contribution is -0.187. The molecular formula is C15H22F3N3. The number of likely N-dealkylation sites (tertiary alicyclic amines) is 1. The Balaban J connectivity index is 1.94. The number of alkyl halides is 3. The van der Waals surface area contributed by atoms with E-state index in [-0.39, 0.29) is 13.0 Å². The molecule has 1 aromatic heterocycles. The average molecular weight is 301 g/mol. The van der Waals surface area contributed by atoms with Gasteiger partial charge in [0.2, 0.25) is 0 Å². The molecular weight excluding hydrogens is 279 g/mol. The van der Waals surface area contributed by atoms with Crippen LogP contribution in [0.5, 0.6) is 0 Å². The van der Waals surface area contributed by atoms with E-state index in [0.717, 1.165) is 24.3 Å². The van der Waals surface area contributed by atoms with E-state index in [4.69, 9.17) is 0 Å². The molecule has 0 saturated carbocycles. The fourth-order valence-corrected chi connectivity index (χ4v) is 2.64. The van der Waals surface area contributed by atoms with Gasteiger partial charge in [0.1, 0.15) is 0 Å². The lowest BCUT2D eigenvalue weighted by Crippen LogP contribution is -2.41. The number of aromatic nitrogens is 1. The van der Waals surface area contributed by atoms with E-state index in [9.17, 15) is 13.2 Å². The largest absolute Gasteiger partial charge is 0.393 e. The normalized spacial score (nSPS) is 20.5. The molecule has 0 aromatic carbocycles. The van der Waals surface area contributed by atoms with Gasteiger partial charge in [-0.05, 0) is 37.9 Å². The molecule has 21 heavy (non-hydrogen) atoms. The zero-order valence-corrected chi connectivity index (χ0v) is 12.3. The zero-order valence-electron chi connectivity index (χ0n) is 12.3. The summed E-state index contributed by atoms with van der Waals surface area (Å²) in [6.07, 6.45) is -0.518. The van der Waals surface area contributed by atoms with Crippen LogP contribution in [0, 0.1) is 5.92 Å². The van der Waals surface area contributed by atoms with Crippen molar-refractivity contribution < 1.29 is 13.2 Å². The van der Waals surface area contributed by atoms with Crippen LogP contribution in [-0.4, -0.2) is 35.7 Å². The molecule has 1 fully saturated rings. The van der Waals surface area contributed by atoms with Gasteiger partial charge in [0.25, 0.3) is 0 Å². The maximum atomic E-state index is 12.8. The highest BCUT2D eigenvalue weighted by Crippen LogP contribution is 2.33. The van der Waals surface area contributed by atoms with Gasteiger partial charge in [0.15, 0.2) is 0 Å². The van der Waals surface area contributed by atoms with Gasteiger partial charge >= 0.3 is 6.18 Å². The van der Waals surface area contributed by atoms with Gasteiger partial charge in [-0.25, -0.2) is 0 Å². The number of hydrogen-bond donors (Lipinski definition) is 1. The minimum atomic E-state index is -4.09. The third kappa shape index (κ3) is 4.88. The minimum Gasteiger partial charge on any atom is -0.385 e. The van der Waals surface area contributed by atoms with Crippen molar-refractivity contribution in [1.82, 2.24) is 9.88 Å². The molecule has 1 atom stereocenters. The molecule has 1 saturated heterocycles. The Hall–Kier alpha value is -1.30. The second-order valence-electron chi connectivity index (χ2n) is 5.58. The summed E-state index contributed by atoms with van der Waals surface area (Å²) in [5.41, 5.74) is 1.80. The Bertz CT molecular complexity index is 448. The first-order chi connectivity index (χ1) is 9.99. The maximum absolute atomic E-state index is 12.8. The molecule has 1 aliphatic rings. The Morgan fingerprint density at radius 2 is 2.24 bits per heavy atom. The van der Waals surface area contributed by atoms with Crippen molar-refractivity contribution in [1.29, 1.82) is 0 Å². The lowest BCUT2D eigenvalue weighted by Gasteiger charge is -2.33. The van der Waals surface area contributed by atoms with Gasteiger partial charge in [-0.3, -0.25) is 9.88 Å². The Labute approximate surface area is 123 Å². The summed E-state index contributed by atoms with van der Waals surface area (Å²) in [6, 6.07) is 3.81. The average Bonchev–Trinajstić information content (AvgIpc) is 2.45. The van der Waals surface area contributed by atoms with Gasteiger partial charge in [-0.15, -0.1) is 0 Å². The predicted octanol–water partition coefficient (Wildman–Crippen LogP) is 3.68. The molecule has 0 radical (unpaired) electrons. The van der Waals surface area contributed by atoms with Crippen LogP contribution < -0.4 is 5.32 Å². The summed E-state index contributed by atoms with van der Waals surface area (Å²) in [6.45, 7) is 4.23. The molecule has 2 rings (SSSR count). The number of nitrogens with zero attached hydrogens (tertiary/aromatic N) is 2. The monoisotopic (exact) mass is 301 g/mol. The van der Waals surface area contributed by atoms with E-state index in [1.807, 2.05) is 17.0 Å². The van der Waals surface area contributed by atoms with Crippen molar-refractivity contribution >= 4 is 5.69 Å². The number of rotatable bonds is 5. The molecule has 1 unspecified atom stereocenters. The highest BCUT2D eigenvalue weighted by atomic mass is 19.4. The highest BCUT2D eigenvalue weighted by molar-refractivity contribution is 5.43. The number of nitrogens with one attached hydrogen (secondary N) is 1. The summed E-state index contributed by atoms with van der Waals surface area (Å²) < 4.78 is 38.4. The van der Waals surface area contributed by atoms with E-state index in [1.54, 1.807) is 6.20 Å². The van der Waals surface area contributed by atoms with Crippen LogP contribution in [0.4, 0.5) is 18.9 Å². The van der Waals surface area contributed by atoms with E-state index >= 15 is 0 Å². The zero-order chi connectivity index (χ0) is 15.3. The van der Waals surface area contributed by atoms with Crippen molar-refractivity contribution in [2.75, 3.05) is 25.0 Å². The van der Waals surface area contributed by atoms with Crippen LogP contribution in [0.25, 0.3) is 0 Å². The number of halogens is 3. The number of pyridine rings is 1. The topological polar surface area (TPSA) is 28.2 Å². The molecule has 1 aromatic rings. The summed E-state index contributed by atoms with van der Waals surface area (Å²) in [5, 5.41) is 3.27.